The van der Waals surface area contributed by atoms with Gasteiger partial charge in [-0.05, 0) is 18.6 Å². The SMILES string of the molecule is Cc1cc(Nc2cc(N)ncn2)c(=S)[nH]c1C(N)=O. The Hall–Kier alpha value is -2.48. The molecule has 0 aliphatic carbocycles. The van der Waals surface area contributed by atoms with Gasteiger partial charge in [0.05, 0.1) is 5.69 Å². The molecule has 0 unspecified atom stereocenters. The molecule has 0 radical (unpaired) electrons. The fourth-order valence-corrected chi connectivity index (χ4v) is 1.77. The molecule has 0 aromatic carbocycles. The molecule has 8 heteroatoms. The maximum atomic E-state index is 11.2. The number of carbonyl (C=O) groups is 1. The molecule has 0 fully saturated rings. The van der Waals surface area contributed by atoms with Gasteiger partial charge in [-0.15, -0.1) is 0 Å². The zero-order valence-corrected chi connectivity index (χ0v) is 10.9. The first kappa shape index (κ1) is 13.0. The molecule has 0 aliphatic heterocycles. The number of anilines is 3. The van der Waals surface area contributed by atoms with E-state index in [9.17, 15) is 4.79 Å². The van der Waals surface area contributed by atoms with Crippen LogP contribution in [-0.2, 0) is 0 Å². The Bertz CT molecular complexity index is 696. The summed E-state index contributed by atoms with van der Waals surface area (Å²) in [6, 6.07) is 3.29. The normalized spacial score (nSPS) is 10.2. The monoisotopic (exact) mass is 276 g/mol. The quantitative estimate of drug-likeness (QED) is 0.626. The first-order valence-corrected chi connectivity index (χ1v) is 5.76. The number of rotatable bonds is 3. The summed E-state index contributed by atoms with van der Waals surface area (Å²) in [5.74, 6) is 0.303. The maximum absolute atomic E-state index is 11.2. The van der Waals surface area contributed by atoms with Crippen LogP contribution in [-0.4, -0.2) is 20.9 Å². The maximum Gasteiger partial charge on any atom is 0.265 e. The Labute approximate surface area is 114 Å². The second-order valence-electron chi connectivity index (χ2n) is 3.89. The van der Waals surface area contributed by atoms with Crippen molar-refractivity contribution in [1.82, 2.24) is 15.0 Å². The Morgan fingerprint density at radius 1 is 1.42 bits per heavy atom. The van der Waals surface area contributed by atoms with Crippen LogP contribution in [0.3, 0.4) is 0 Å². The highest BCUT2D eigenvalue weighted by Crippen LogP contribution is 2.19. The number of H-pyrrole nitrogens is 1. The molecule has 2 heterocycles. The molecule has 0 spiro atoms. The van der Waals surface area contributed by atoms with Crippen molar-refractivity contribution in [1.29, 1.82) is 0 Å². The fourth-order valence-electron chi connectivity index (χ4n) is 1.56. The van der Waals surface area contributed by atoms with Crippen LogP contribution in [0.15, 0.2) is 18.5 Å². The smallest absolute Gasteiger partial charge is 0.265 e. The number of nitrogens with zero attached hydrogens (tertiary/aromatic N) is 2. The molecule has 2 rings (SSSR count). The standard InChI is InChI=1S/C11H12N6OS/c1-5-2-6(11(19)17-9(5)10(13)18)16-8-3-7(12)14-4-15-8/h2-4H,1H3,(H2,13,18)(H,17,19)(H3,12,14,15,16). The summed E-state index contributed by atoms with van der Waals surface area (Å²) in [6.07, 6.45) is 1.34. The number of pyridine rings is 1. The minimum Gasteiger partial charge on any atom is -0.384 e. The van der Waals surface area contributed by atoms with Gasteiger partial charge in [0, 0.05) is 6.07 Å². The summed E-state index contributed by atoms with van der Waals surface area (Å²) < 4.78 is 0.358. The van der Waals surface area contributed by atoms with E-state index in [-0.39, 0.29) is 5.69 Å². The largest absolute Gasteiger partial charge is 0.384 e. The van der Waals surface area contributed by atoms with E-state index in [1.54, 1.807) is 19.1 Å². The molecule has 0 saturated carbocycles. The molecule has 2 aromatic rings. The van der Waals surface area contributed by atoms with E-state index in [4.69, 9.17) is 23.7 Å². The summed E-state index contributed by atoms with van der Waals surface area (Å²) in [5.41, 5.74) is 12.4. The van der Waals surface area contributed by atoms with Crippen molar-refractivity contribution >= 4 is 35.4 Å². The number of amides is 1. The zero-order chi connectivity index (χ0) is 14.0. The topological polar surface area (TPSA) is 123 Å². The summed E-state index contributed by atoms with van der Waals surface area (Å²) in [5, 5.41) is 3.00. The minimum absolute atomic E-state index is 0.290. The molecule has 98 valence electrons. The van der Waals surface area contributed by atoms with E-state index >= 15 is 0 Å². The molecule has 0 saturated heterocycles. The van der Waals surface area contributed by atoms with E-state index in [0.717, 1.165) is 0 Å². The number of aromatic amines is 1. The summed E-state index contributed by atoms with van der Waals surface area (Å²) in [6.45, 7) is 1.75. The number of carbonyl (C=O) groups excluding carboxylic acids is 1. The molecule has 2 aromatic heterocycles. The van der Waals surface area contributed by atoms with Crippen LogP contribution < -0.4 is 16.8 Å². The third kappa shape index (κ3) is 2.86. The second kappa shape index (κ2) is 5.02. The molecule has 0 aliphatic rings. The number of hydrogen-bond donors (Lipinski definition) is 4. The number of aromatic nitrogens is 3. The van der Waals surface area contributed by atoms with Gasteiger partial charge in [-0.25, -0.2) is 9.97 Å². The minimum atomic E-state index is -0.554. The highest BCUT2D eigenvalue weighted by Gasteiger charge is 2.08. The Balaban J connectivity index is 2.39. The summed E-state index contributed by atoms with van der Waals surface area (Å²) in [4.78, 5) is 21.8. The number of primary amides is 1. The van der Waals surface area contributed by atoms with Crippen molar-refractivity contribution < 1.29 is 4.79 Å². The average molecular weight is 276 g/mol. The van der Waals surface area contributed by atoms with Crippen molar-refractivity contribution in [3.8, 4) is 0 Å². The van der Waals surface area contributed by atoms with Gasteiger partial charge in [0.1, 0.15) is 28.3 Å². The van der Waals surface area contributed by atoms with Gasteiger partial charge in [0.15, 0.2) is 0 Å². The van der Waals surface area contributed by atoms with E-state index in [2.05, 4.69) is 20.3 Å². The van der Waals surface area contributed by atoms with Gasteiger partial charge in [-0.3, -0.25) is 4.79 Å². The van der Waals surface area contributed by atoms with Crippen LogP contribution in [0.5, 0.6) is 0 Å². The van der Waals surface area contributed by atoms with E-state index in [1.165, 1.54) is 6.33 Å². The Morgan fingerprint density at radius 2 is 2.16 bits per heavy atom. The van der Waals surface area contributed by atoms with Crippen molar-refractivity contribution in [2.24, 2.45) is 5.73 Å². The molecular formula is C11H12N6OS. The van der Waals surface area contributed by atoms with Crippen molar-refractivity contribution in [2.45, 2.75) is 6.92 Å². The van der Waals surface area contributed by atoms with E-state index in [1.807, 2.05) is 0 Å². The van der Waals surface area contributed by atoms with Gasteiger partial charge in [-0.1, -0.05) is 12.2 Å². The van der Waals surface area contributed by atoms with Gasteiger partial charge in [-0.2, -0.15) is 0 Å². The van der Waals surface area contributed by atoms with Crippen LogP contribution in [0, 0.1) is 11.6 Å². The first-order valence-electron chi connectivity index (χ1n) is 5.35. The molecule has 7 nitrogen and oxygen atoms in total. The molecular weight excluding hydrogens is 264 g/mol. The number of nitrogen functional groups attached to an aromatic ring is 1. The lowest BCUT2D eigenvalue weighted by Gasteiger charge is -2.09. The van der Waals surface area contributed by atoms with Crippen molar-refractivity contribution in [3.63, 3.8) is 0 Å². The zero-order valence-electron chi connectivity index (χ0n) is 10.1. The number of nitrogens with one attached hydrogen (secondary N) is 2. The third-order valence-electron chi connectivity index (χ3n) is 2.44. The van der Waals surface area contributed by atoms with Crippen LogP contribution in [0.2, 0.25) is 0 Å². The Kier molecular flexibility index (Phi) is 3.43. The van der Waals surface area contributed by atoms with Gasteiger partial charge in [0.2, 0.25) is 0 Å². The molecule has 1 amide bonds. The van der Waals surface area contributed by atoms with Crippen LogP contribution in [0.25, 0.3) is 0 Å². The highest BCUT2D eigenvalue weighted by atomic mass is 32.1. The number of aryl methyl sites for hydroxylation is 1. The summed E-state index contributed by atoms with van der Waals surface area (Å²) in [7, 11) is 0. The van der Waals surface area contributed by atoms with Crippen LogP contribution >= 0.6 is 12.2 Å². The number of nitrogens with two attached hydrogens (primary N) is 2. The predicted molar refractivity (Wildman–Crippen MR) is 74.6 cm³/mol. The van der Waals surface area contributed by atoms with Gasteiger partial charge >= 0.3 is 0 Å². The lowest BCUT2D eigenvalue weighted by Crippen LogP contribution is -2.15. The van der Waals surface area contributed by atoms with Gasteiger partial charge in [0.25, 0.3) is 5.91 Å². The van der Waals surface area contributed by atoms with Crippen LogP contribution in [0.1, 0.15) is 16.1 Å². The highest BCUT2D eigenvalue weighted by molar-refractivity contribution is 7.71. The lowest BCUT2D eigenvalue weighted by molar-refractivity contribution is 0.0995. The Morgan fingerprint density at radius 3 is 2.79 bits per heavy atom. The second-order valence-corrected chi connectivity index (χ2v) is 4.30. The van der Waals surface area contributed by atoms with Crippen LogP contribution in [0.4, 0.5) is 17.3 Å². The van der Waals surface area contributed by atoms with Crippen molar-refractivity contribution in [3.05, 3.63) is 34.4 Å². The fraction of sp³-hybridized carbons (Fsp3) is 0.0909. The lowest BCUT2D eigenvalue weighted by atomic mass is 10.2. The molecule has 6 N–H and O–H groups in total. The van der Waals surface area contributed by atoms with E-state index in [0.29, 0.717) is 27.5 Å². The predicted octanol–water partition coefficient (Wildman–Crippen LogP) is 1.27. The third-order valence-corrected chi connectivity index (χ3v) is 2.76. The van der Waals surface area contributed by atoms with E-state index < -0.39 is 5.91 Å². The average Bonchev–Trinajstić information content (AvgIpc) is 2.33. The first-order chi connectivity index (χ1) is 8.97. The number of hydrogen-bond acceptors (Lipinski definition) is 6. The summed E-state index contributed by atoms with van der Waals surface area (Å²) >= 11 is 5.15. The molecule has 19 heavy (non-hydrogen) atoms. The van der Waals surface area contributed by atoms with Crippen molar-refractivity contribution in [2.75, 3.05) is 11.1 Å². The molecule has 0 atom stereocenters. The molecule has 0 bridgehead atoms. The van der Waals surface area contributed by atoms with Gasteiger partial charge < -0.3 is 21.8 Å².